The van der Waals surface area contributed by atoms with Crippen molar-refractivity contribution >= 4 is 33.1 Å². The third kappa shape index (κ3) is 3.43. The normalized spacial score (nSPS) is 10.6. The first-order chi connectivity index (χ1) is 10.6. The molecule has 0 aliphatic heterocycles. The molecular weight excluding hydrogens is 296 g/mol. The molecule has 5 heteroatoms. The Labute approximate surface area is 132 Å². The highest BCUT2D eigenvalue weighted by atomic mass is 32.1. The number of aryl methyl sites for hydroxylation is 1. The second-order valence-corrected chi connectivity index (χ2v) is 6.19. The van der Waals surface area contributed by atoms with E-state index in [1.54, 1.807) is 11.3 Å². The highest BCUT2D eigenvalue weighted by Gasteiger charge is 2.05. The van der Waals surface area contributed by atoms with E-state index in [4.69, 9.17) is 4.74 Å². The minimum atomic E-state index is -0.0848. The highest BCUT2D eigenvalue weighted by molar-refractivity contribution is 7.18. The van der Waals surface area contributed by atoms with Crippen LogP contribution in [0.5, 0.6) is 5.75 Å². The number of hydrogen-bond acceptors (Lipinski definition) is 4. The van der Waals surface area contributed by atoms with Crippen LogP contribution in [-0.2, 0) is 11.4 Å². The van der Waals surface area contributed by atoms with Crippen molar-refractivity contribution in [3.8, 4) is 5.75 Å². The Hall–Kier alpha value is -2.40. The summed E-state index contributed by atoms with van der Waals surface area (Å²) in [4.78, 5) is 15.6. The first-order valence-corrected chi connectivity index (χ1v) is 7.78. The van der Waals surface area contributed by atoms with Crippen molar-refractivity contribution in [2.45, 2.75) is 20.5 Å². The minimum Gasteiger partial charge on any atom is -0.486 e. The van der Waals surface area contributed by atoms with Crippen LogP contribution in [0.15, 0.2) is 42.5 Å². The fourth-order valence-corrected chi connectivity index (χ4v) is 2.99. The summed E-state index contributed by atoms with van der Waals surface area (Å²) >= 11 is 1.64. The Morgan fingerprint density at radius 3 is 2.73 bits per heavy atom. The number of hydrogen-bond donors (Lipinski definition) is 1. The van der Waals surface area contributed by atoms with E-state index in [9.17, 15) is 4.79 Å². The summed E-state index contributed by atoms with van der Waals surface area (Å²) in [5.74, 6) is 0.669. The van der Waals surface area contributed by atoms with Gasteiger partial charge in [0.15, 0.2) is 0 Å². The number of benzene rings is 2. The fourth-order valence-electron chi connectivity index (χ4n) is 2.13. The summed E-state index contributed by atoms with van der Waals surface area (Å²) in [6.07, 6.45) is 0. The molecule has 0 radical (unpaired) electrons. The maximum absolute atomic E-state index is 11.0. The number of aromatic nitrogens is 1. The molecule has 1 amide bonds. The van der Waals surface area contributed by atoms with Gasteiger partial charge in [0.05, 0.1) is 10.2 Å². The Morgan fingerprint density at radius 1 is 1.23 bits per heavy atom. The SMILES string of the molecule is CC(=O)Nc1ccc(OCc2nc3cc(C)ccc3s2)cc1. The van der Waals surface area contributed by atoms with Gasteiger partial charge in [0.25, 0.3) is 0 Å². The second kappa shape index (κ2) is 6.15. The molecule has 1 N–H and O–H groups in total. The van der Waals surface area contributed by atoms with Gasteiger partial charge in [-0.2, -0.15) is 0 Å². The number of carbonyl (C=O) groups excluding carboxylic acids is 1. The Bertz CT molecular complexity index is 809. The topological polar surface area (TPSA) is 51.2 Å². The zero-order chi connectivity index (χ0) is 15.5. The first kappa shape index (κ1) is 14.5. The maximum atomic E-state index is 11.0. The number of nitrogens with zero attached hydrogens (tertiary/aromatic N) is 1. The predicted octanol–water partition coefficient (Wildman–Crippen LogP) is 4.14. The number of rotatable bonds is 4. The van der Waals surface area contributed by atoms with Crippen LogP contribution in [0.25, 0.3) is 10.2 Å². The quantitative estimate of drug-likeness (QED) is 0.787. The van der Waals surface area contributed by atoms with Crippen molar-refractivity contribution in [2.75, 3.05) is 5.32 Å². The molecule has 0 fully saturated rings. The van der Waals surface area contributed by atoms with Crippen LogP contribution in [0.3, 0.4) is 0 Å². The highest BCUT2D eigenvalue weighted by Crippen LogP contribution is 2.24. The summed E-state index contributed by atoms with van der Waals surface area (Å²) in [5, 5.41) is 3.67. The van der Waals surface area contributed by atoms with Gasteiger partial charge in [0.1, 0.15) is 17.4 Å². The summed E-state index contributed by atoms with van der Waals surface area (Å²) in [6, 6.07) is 13.6. The number of thiazole rings is 1. The Morgan fingerprint density at radius 2 is 2.00 bits per heavy atom. The number of fused-ring (bicyclic) bond motifs is 1. The van der Waals surface area contributed by atoms with Crippen LogP contribution >= 0.6 is 11.3 Å². The third-order valence-corrected chi connectivity index (χ3v) is 4.13. The number of amides is 1. The van der Waals surface area contributed by atoms with Gasteiger partial charge in [-0.3, -0.25) is 4.79 Å². The molecule has 0 spiro atoms. The molecule has 1 heterocycles. The van der Waals surface area contributed by atoms with E-state index in [-0.39, 0.29) is 5.91 Å². The van der Waals surface area contributed by atoms with Gasteiger partial charge >= 0.3 is 0 Å². The molecule has 2 aromatic carbocycles. The summed E-state index contributed by atoms with van der Waals surface area (Å²) in [5.41, 5.74) is 2.98. The van der Waals surface area contributed by atoms with Gasteiger partial charge in [-0.25, -0.2) is 4.98 Å². The summed E-state index contributed by atoms with van der Waals surface area (Å²) < 4.78 is 6.92. The fraction of sp³-hybridized carbons (Fsp3) is 0.176. The van der Waals surface area contributed by atoms with Crippen molar-refractivity contribution < 1.29 is 9.53 Å². The van der Waals surface area contributed by atoms with Crippen molar-refractivity contribution in [3.63, 3.8) is 0 Å². The molecule has 3 aromatic rings. The predicted molar refractivity (Wildman–Crippen MR) is 89.4 cm³/mol. The van der Waals surface area contributed by atoms with E-state index in [0.717, 1.165) is 22.0 Å². The van der Waals surface area contributed by atoms with Gasteiger partial charge in [0, 0.05) is 12.6 Å². The summed E-state index contributed by atoms with van der Waals surface area (Å²) in [7, 11) is 0. The average molecular weight is 312 g/mol. The first-order valence-electron chi connectivity index (χ1n) is 6.97. The lowest BCUT2D eigenvalue weighted by Gasteiger charge is -2.05. The third-order valence-electron chi connectivity index (χ3n) is 3.12. The van der Waals surface area contributed by atoms with Crippen molar-refractivity contribution in [2.24, 2.45) is 0 Å². The van der Waals surface area contributed by atoms with Crippen LogP contribution in [0.2, 0.25) is 0 Å². The van der Waals surface area contributed by atoms with Crippen molar-refractivity contribution in [1.82, 2.24) is 4.98 Å². The van der Waals surface area contributed by atoms with E-state index < -0.39 is 0 Å². The summed E-state index contributed by atoms with van der Waals surface area (Å²) in [6.45, 7) is 3.99. The van der Waals surface area contributed by atoms with Crippen LogP contribution in [-0.4, -0.2) is 10.9 Å². The lowest BCUT2D eigenvalue weighted by atomic mass is 10.2. The molecule has 4 nitrogen and oxygen atoms in total. The molecule has 0 atom stereocenters. The smallest absolute Gasteiger partial charge is 0.221 e. The molecule has 3 rings (SSSR count). The molecule has 0 saturated heterocycles. The van der Waals surface area contributed by atoms with E-state index in [2.05, 4.69) is 35.4 Å². The van der Waals surface area contributed by atoms with E-state index in [0.29, 0.717) is 6.61 Å². The average Bonchev–Trinajstić information content (AvgIpc) is 2.88. The van der Waals surface area contributed by atoms with Gasteiger partial charge in [-0.05, 0) is 48.9 Å². The second-order valence-electron chi connectivity index (χ2n) is 5.07. The van der Waals surface area contributed by atoms with Gasteiger partial charge in [-0.15, -0.1) is 11.3 Å². The maximum Gasteiger partial charge on any atom is 0.221 e. The molecule has 112 valence electrons. The zero-order valence-electron chi connectivity index (χ0n) is 12.4. The Balaban J connectivity index is 1.67. The van der Waals surface area contributed by atoms with E-state index in [1.165, 1.54) is 17.2 Å². The Kier molecular flexibility index (Phi) is 4.06. The van der Waals surface area contributed by atoms with Gasteiger partial charge < -0.3 is 10.1 Å². The van der Waals surface area contributed by atoms with E-state index >= 15 is 0 Å². The van der Waals surface area contributed by atoms with Crippen LogP contribution in [0.1, 0.15) is 17.5 Å². The molecule has 22 heavy (non-hydrogen) atoms. The van der Waals surface area contributed by atoms with Crippen molar-refractivity contribution in [3.05, 3.63) is 53.0 Å². The molecule has 1 aromatic heterocycles. The van der Waals surface area contributed by atoms with Crippen LogP contribution in [0.4, 0.5) is 5.69 Å². The standard InChI is InChI=1S/C17H16N2O2S/c1-11-3-8-16-15(9-11)19-17(22-16)10-21-14-6-4-13(5-7-14)18-12(2)20/h3-9H,10H2,1-2H3,(H,18,20). The molecule has 0 unspecified atom stereocenters. The molecule has 0 saturated carbocycles. The van der Waals surface area contributed by atoms with Gasteiger partial charge in [-0.1, -0.05) is 6.07 Å². The largest absolute Gasteiger partial charge is 0.486 e. The van der Waals surface area contributed by atoms with Gasteiger partial charge in [0.2, 0.25) is 5.91 Å². The minimum absolute atomic E-state index is 0.0848. The number of anilines is 1. The number of carbonyl (C=O) groups is 1. The van der Waals surface area contributed by atoms with E-state index in [1.807, 2.05) is 24.3 Å². The molecular formula is C17H16N2O2S. The lowest BCUT2D eigenvalue weighted by molar-refractivity contribution is -0.114. The zero-order valence-corrected chi connectivity index (χ0v) is 13.2. The lowest BCUT2D eigenvalue weighted by Crippen LogP contribution is -2.05. The number of ether oxygens (including phenoxy) is 1. The number of nitrogens with one attached hydrogen (secondary N) is 1. The van der Waals surface area contributed by atoms with Crippen LogP contribution in [0, 0.1) is 6.92 Å². The van der Waals surface area contributed by atoms with Crippen molar-refractivity contribution in [1.29, 1.82) is 0 Å². The molecule has 0 aliphatic carbocycles. The van der Waals surface area contributed by atoms with Crippen LogP contribution < -0.4 is 10.1 Å². The molecule has 0 bridgehead atoms. The monoisotopic (exact) mass is 312 g/mol. The molecule has 0 aliphatic rings.